The maximum atomic E-state index is 13.2. The molecule has 1 aliphatic heterocycles. The molecule has 1 aliphatic rings. The molecule has 4 rings (SSSR count). The molecule has 0 unspecified atom stereocenters. The molecular weight excluding hydrogens is 350 g/mol. The fraction of sp³-hybridized carbons (Fsp3) is 0.174. The fourth-order valence-electron chi connectivity index (χ4n) is 3.57. The van der Waals surface area contributed by atoms with Crippen molar-refractivity contribution in [3.8, 4) is 0 Å². The number of nitrogens with one attached hydrogen (secondary N) is 1. The number of pyridine rings is 1. The first-order valence-corrected chi connectivity index (χ1v) is 9.30. The van der Waals surface area contributed by atoms with Gasteiger partial charge in [-0.1, -0.05) is 54.6 Å². The molecule has 0 fully saturated rings. The molecule has 0 aliphatic carbocycles. The van der Waals surface area contributed by atoms with E-state index in [0.29, 0.717) is 19.5 Å². The summed E-state index contributed by atoms with van der Waals surface area (Å²) in [7, 11) is 0. The number of rotatable bonds is 5. The summed E-state index contributed by atoms with van der Waals surface area (Å²) in [5.41, 5.74) is 3.78. The average molecular weight is 371 g/mol. The van der Waals surface area contributed by atoms with Gasteiger partial charge >= 0.3 is 0 Å². The van der Waals surface area contributed by atoms with Gasteiger partial charge in [-0.15, -0.1) is 0 Å². The number of hydrogen-bond acceptors (Lipinski definition) is 3. The first-order valence-electron chi connectivity index (χ1n) is 9.30. The van der Waals surface area contributed by atoms with Gasteiger partial charge in [0.2, 0.25) is 11.8 Å². The summed E-state index contributed by atoms with van der Waals surface area (Å²) in [5, 5.41) is 2.99. The van der Waals surface area contributed by atoms with Gasteiger partial charge < -0.3 is 10.2 Å². The number of benzene rings is 2. The number of amides is 2. The molecule has 5 heteroatoms. The van der Waals surface area contributed by atoms with Crippen LogP contribution < -0.4 is 5.32 Å². The van der Waals surface area contributed by atoms with Crippen LogP contribution in [0, 0.1) is 0 Å². The topological polar surface area (TPSA) is 62.3 Å². The molecule has 28 heavy (non-hydrogen) atoms. The molecule has 2 heterocycles. The van der Waals surface area contributed by atoms with E-state index in [1.165, 1.54) is 0 Å². The molecule has 0 saturated carbocycles. The largest absolute Gasteiger partial charge is 0.350 e. The van der Waals surface area contributed by atoms with E-state index in [0.717, 1.165) is 22.3 Å². The minimum Gasteiger partial charge on any atom is -0.350 e. The molecule has 2 aromatic carbocycles. The maximum absolute atomic E-state index is 13.2. The van der Waals surface area contributed by atoms with Crippen LogP contribution in [-0.4, -0.2) is 21.7 Å². The molecule has 1 atom stereocenters. The van der Waals surface area contributed by atoms with Crippen LogP contribution in [0.1, 0.15) is 28.3 Å². The van der Waals surface area contributed by atoms with Crippen LogP contribution in [0.3, 0.4) is 0 Å². The van der Waals surface area contributed by atoms with Gasteiger partial charge in [-0.05, 0) is 34.4 Å². The zero-order valence-corrected chi connectivity index (χ0v) is 15.4. The van der Waals surface area contributed by atoms with E-state index < -0.39 is 6.04 Å². The van der Waals surface area contributed by atoms with Gasteiger partial charge in [0.05, 0.1) is 6.42 Å². The van der Waals surface area contributed by atoms with Crippen LogP contribution >= 0.6 is 0 Å². The van der Waals surface area contributed by atoms with Gasteiger partial charge in [0.15, 0.2) is 0 Å². The second-order valence-electron chi connectivity index (χ2n) is 6.86. The van der Waals surface area contributed by atoms with E-state index in [4.69, 9.17) is 0 Å². The SMILES string of the molecule is O=C(NCc1ccncc1)[C@H]1c2ccccc2CC(=O)N1Cc1ccccc1. The third-order valence-corrected chi connectivity index (χ3v) is 4.98. The van der Waals surface area contributed by atoms with E-state index in [2.05, 4.69) is 10.3 Å². The molecule has 0 saturated heterocycles. The first-order chi connectivity index (χ1) is 13.7. The number of nitrogens with zero attached hydrogens (tertiary/aromatic N) is 2. The van der Waals surface area contributed by atoms with Crippen molar-refractivity contribution in [3.63, 3.8) is 0 Å². The van der Waals surface area contributed by atoms with Crippen LogP contribution in [0.15, 0.2) is 79.1 Å². The van der Waals surface area contributed by atoms with Gasteiger partial charge in [0, 0.05) is 25.5 Å². The van der Waals surface area contributed by atoms with Gasteiger partial charge in [-0.3, -0.25) is 14.6 Å². The molecule has 0 bridgehead atoms. The predicted octanol–water partition coefficient (Wildman–Crippen LogP) is 3.02. The molecule has 1 aromatic heterocycles. The standard InChI is InChI=1S/C23H21N3O2/c27-21-14-19-8-4-5-9-20(19)22(26(21)16-18-6-2-1-3-7-18)23(28)25-15-17-10-12-24-13-11-17/h1-13,22H,14-16H2,(H,25,28)/t22-/m1/s1. The zero-order chi connectivity index (χ0) is 19.3. The van der Waals surface area contributed by atoms with E-state index in [1.807, 2.05) is 66.7 Å². The van der Waals surface area contributed by atoms with E-state index in [9.17, 15) is 9.59 Å². The van der Waals surface area contributed by atoms with E-state index in [1.54, 1.807) is 17.3 Å². The lowest BCUT2D eigenvalue weighted by Gasteiger charge is -2.36. The molecule has 0 radical (unpaired) electrons. The van der Waals surface area contributed by atoms with Crippen molar-refractivity contribution in [1.82, 2.24) is 15.2 Å². The van der Waals surface area contributed by atoms with Crippen LogP contribution in [0.5, 0.6) is 0 Å². The van der Waals surface area contributed by atoms with Gasteiger partial charge in [-0.25, -0.2) is 0 Å². The summed E-state index contributed by atoms with van der Waals surface area (Å²) in [6.07, 6.45) is 3.71. The second kappa shape index (κ2) is 8.05. The Morgan fingerprint density at radius 3 is 2.46 bits per heavy atom. The predicted molar refractivity (Wildman–Crippen MR) is 106 cm³/mol. The second-order valence-corrected chi connectivity index (χ2v) is 6.86. The molecule has 0 spiro atoms. The average Bonchev–Trinajstić information content (AvgIpc) is 2.74. The Bertz CT molecular complexity index is 973. The zero-order valence-electron chi connectivity index (χ0n) is 15.4. The Morgan fingerprint density at radius 1 is 0.964 bits per heavy atom. The highest BCUT2D eigenvalue weighted by Gasteiger charge is 2.36. The van der Waals surface area contributed by atoms with Gasteiger partial charge in [0.25, 0.3) is 0 Å². The smallest absolute Gasteiger partial charge is 0.247 e. The normalized spacial score (nSPS) is 15.8. The summed E-state index contributed by atoms with van der Waals surface area (Å²) >= 11 is 0. The lowest BCUT2D eigenvalue weighted by atomic mass is 9.91. The fourth-order valence-corrected chi connectivity index (χ4v) is 3.57. The van der Waals surface area contributed by atoms with E-state index in [-0.39, 0.29) is 11.8 Å². The molecule has 140 valence electrons. The third kappa shape index (κ3) is 3.78. The van der Waals surface area contributed by atoms with Gasteiger partial charge in [0.1, 0.15) is 6.04 Å². The molecule has 3 aromatic rings. The van der Waals surface area contributed by atoms with Crippen LogP contribution in [0.2, 0.25) is 0 Å². The lowest BCUT2D eigenvalue weighted by Crippen LogP contribution is -2.46. The van der Waals surface area contributed by atoms with Crippen molar-refractivity contribution in [1.29, 1.82) is 0 Å². The Labute approximate surface area is 164 Å². The van der Waals surface area contributed by atoms with Crippen LogP contribution in [0.25, 0.3) is 0 Å². The van der Waals surface area contributed by atoms with Crippen molar-refractivity contribution < 1.29 is 9.59 Å². The van der Waals surface area contributed by atoms with Crippen molar-refractivity contribution >= 4 is 11.8 Å². The van der Waals surface area contributed by atoms with Crippen molar-refractivity contribution in [2.45, 2.75) is 25.6 Å². The highest BCUT2D eigenvalue weighted by Crippen LogP contribution is 2.32. The Hall–Kier alpha value is -3.47. The Balaban J connectivity index is 1.62. The lowest BCUT2D eigenvalue weighted by molar-refractivity contribution is -0.142. The first kappa shape index (κ1) is 17.9. The van der Waals surface area contributed by atoms with Crippen LogP contribution in [-0.2, 0) is 29.1 Å². The highest BCUT2D eigenvalue weighted by molar-refractivity contribution is 5.92. The number of hydrogen-bond donors (Lipinski definition) is 1. The number of fused-ring (bicyclic) bond motifs is 1. The summed E-state index contributed by atoms with van der Waals surface area (Å²) in [5.74, 6) is -0.208. The van der Waals surface area contributed by atoms with Crippen LogP contribution in [0.4, 0.5) is 0 Å². The molecule has 1 N–H and O–H groups in total. The van der Waals surface area contributed by atoms with Gasteiger partial charge in [-0.2, -0.15) is 0 Å². The molecule has 5 nitrogen and oxygen atoms in total. The maximum Gasteiger partial charge on any atom is 0.247 e. The highest BCUT2D eigenvalue weighted by atomic mass is 16.2. The molecule has 2 amide bonds. The number of carbonyl (C=O) groups excluding carboxylic acids is 2. The van der Waals surface area contributed by atoms with Crippen molar-refractivity contribution in [3.05, 3.63) is 101 Å². The minimum absolute atomic E-state index is 0.0355. The molecular formula is C23H21N3O2. The van der Waals surface area contributed by atoms with Crippen molar-refractivity contribution in [2.24, 2.45) is 0 Å². The number of carbonyl (C=O) groups is 2. The third-order valence-electron chi connectivity index (χ3n) is 4.98. The summed E-state index contributed by atoms with van der Waals surface area (Å²) in [6.45, 7) is 0.800. The quantitative estimate of drug-likeness (QED) is 0.750. The Morgan fingerprint density at radius 2 is 1.68 bits per heavy atom. The van der Waals surface area contributed by atoms with Crippen molar-refractivity contribution in [2.75, 3.05) is 0 Å². The summed E-state index contributed by atoms with van der Waals surface area (Å²) in [4.78, 5) is 31.7. The summed E-state index contributed by atoms with van der Waals surface area (Å²) < 4.78 is 0. The minimum atomic E-state index is -0.639. The monoisotopic (exact) mass is 371 g/mol. The summed E-state index contributed by atoms with van der Waals surface area (Å²) in [6, 6.07) is 20.5. The van der Waals surface area contributed by atoms with E-state index >= 15 is 0 Å². The Kier molecular flexibility index (Phi) is 5.15. The number of aromatic nitrogens is 1.